The van der Waals surface area contributed by atoms with E-state index in [1.165, 1.54) is 41.7 Å². The van der Waals surface area contributed by atoms with Crippen LogP contribution in [0, 0.1) is 11.3 Å². The lowest BCUT2D eigenvalue weighted by Gasteiger charge is -2.19. The fourth-order valence-corrected chi connectivity index (χ4v) is 7.09. The number of aryl methyl sites for hydroxylation is 1. The van der Waals surface area contributed by atoms with Crippen LogP contribution in [0.4, 0.5) is 5.00 Å². The van der Waals surface area contributed by atoms with Crippen LogP contribution < -0.4 is 5.32 Å². The minimum Gasteiger partial charge on any atom is -0.312 e. The van der Waals surface area contributed by atoms with E-state index in [4.69, 9.17) is 0 Å². The Hall–Kier alpha value is -3.28. The van der Waals surface area contributed by atoms with E-state index >= 15 is 0 Å². The van der Waals surface area contributed by atoms with E-state index in [0.717, 1.165) is 36.1 Å². The maximum absolute atomic E-state index is 13.1. The molecule has 1 aliphatic heterocycles. The van der Waals surface area contributed by atoms with Gasteiger partial charge in [-0.1, -0.05) is 12.1 Å². The minimum atomic E-state index is -3.93. The Kier molecular flexibility index (Phi) is 4.54. The number of thiophene rings is 1. The zero-order valence-corrected chi connectivity index (χ0v) is 17.9. The van der Waals surface area contributed by atoms with Gasteiger partial charge >= 0.3 is 0 Å². The number of ketones is 1. The highest BCUT2D eigenvalue weighted by molar-refractivity contribution is 7.91. The molecule has 0 atom stereocenters. The Morgan fingerprint density at radius 3 is 2.58 bits per heavy atom. The van der Waals surface area contributed by atoms with Gasteiger partial charge in [-0.3, -0.25) is 9.59 Å². The summed E-state index contributed by atoms with van der Waals surface area (Å²) in [5.41, 5.74) is 1.80. The Bertz CT molecular complexity index is 1430. The lowest BCUT2D eigenvalue weighted by Crippen LogP contribution is -2.21. The molecule has 0 unspecified atom stereocenters. The molecule has 2 heterocycles. The van der Waals surface area contributed by atoms with Gasteiger partial charge in [0.25, 0.3) is 5.91 Å². The Labute approximate surface area is 183 Å². The summed E-state index contributed by atoms with van der Waals surface area (Å²) >= 11 is 1.40. The van der Waals surface area contributed by atoms with Crippen molar-refractivity contribution >= 4 is 37.9 Å². The highest BCUT2D eigenvalue weighted by atomic mass is 32.2. The Morgan fingerprint density at radius 1 is 1.03 bits per heavy atom. The molecule has 0 saturated heterocycles. The molecule has 1 N–H and O–H groups in total. The third-order valence-corrected chi connectivity index (χ3v) is 8.77. The van der Waals surface area contributed by atoms with Crippen molar-refractivity contribution in [3.8, 4) is 6.07 Å². The number of sulfone groups is 1. The first-order valence-electron chi connectivity index (χ1n) is 9.80. The molecule has 31 heavy (non-hydrogen) atoms. The molecular weight excluding hydrogens is 432 g/mol. The van der Waals surface area contributed by atoms with Gasteiger partial charge in [0.1, 0.15) is 11.1 Å². The molecule has 1 amide bonds. The van der Waals surface area contributed by atoms with Crippen LogP contribution in [0.2, 0.25) is 0 Å². The summed E-state index contributed by atoms with van der Waals surface area (Å²) in [5, 5.41) is 12.8. The van der Waals surface area contributed by atoms with Crippen molar-refractivity contribution in [2.75, 3.05) is 5.32 Å². The predicted octanol–water partition coefficient (Wildman–Crippen LogP) is 4.13. The number of nitrogens with one attached hydrogen (secondary N) is 1. The van der Waals surface area contributed by atoms with Crippen molar-refractivity contribution in [2.45, 2.75) is 35.5 Å². The molecule has 5 rings (SSSR count). The van der Waals surface area contributed by atoms with Crippen LogP contribution in [0.5, 0.6) is 0 Å². The average Bonchev–Trinajstić information content (AvgIpc) is 3.14. The number of nitrogens with zero attached hydrogens (tertiary/aromatic N) is 1. The first kappa shape index (κ1) is 19.7. The largest absolute Gasteiger partial charge is 0.312 e. The van der Waals surface area contributed by atoms with Gasteiger partial charge in [0.15, 0.2) is 5.78 Å². The van der Waals surface area contributed by atoms with E-state index in [1.807, 2.05) is 0 Å². The van der Waals surface area contributed by atoms with Crippen LogP contribution in [0.25, 0.3) is 0 Å². The lowest BCUT2D eigenvalue weighted by molar-refractivity contribution is 0.101. The Balaban J connectivity index is 1.53. The molecule has 0 bridgehead atoms. The second kappa shape index (κ2) is 7.15. The van der Waals surface area contributed by atoms with Crippen LogP contribution in [0.1, 0.15) is 55.1 Å². The van der Waals surface area contributed by atoms with Crippen LogP contribution >= 0.6 is 11.3 Å². The first-order valence-corrected chi connectivity index (χ1v) is 12.1. The molecule has 0 spiro atoms. The third kappa shape index (κ3) is 3.00. The van der Waals surface area contributed by atoms with Crippen molar-refractivity contribution in [2.24, 2.45) is 0 Å². The number of anilines is 1. The number of carbonyl (C=O) groups is 2. The smallest absolute Gasteiger partial charge is 0.256 e. The summed E-state index contributed by atoms with van der Waals surface area (Å²) in [7, 11) is -3.93. The molecule has 0 fully saturated rings. The standard InChI is InChI=1S/C23H16N2O4S2/c24-12-17-14-5-1-3-7-18(14)30-23(17)25-22(27)13-9-10-16-20(11-13)31(28,29)19-8-4-2-6-15(19)21(16)26/h2,4,6,8-11H,1,3,5,7H2,(H,25,27). The maximum Gasteiger partial charge on any atom is 0.256 e. The zero-order valence-electron chi connectivity index (χ0n) is 16.3. The molecule has 1 aliphatic carbocycles. The average molecular weight is 449 g/mol. The van der Waals surface area contributed by atoms with Gasteiger partial charge in [0, 0.05) is 21.6 Å². The number of carbonyl (C=O) groups excluding carboxylic acids is 2. The topological polar surface area (TPSA) is 104 Å². The molecule has 154 valence electrons. The number of hydrogen-bond acceptors (Lipinski definition) is 6. The van der Waals surface area contributed by atoms with E-state index in [1.54, 1.807) is 12.1 Å². The summed E-state index contributed by atoms with van der Waals surface area (Å²) in [6.45, 7) is 0. The summed E-state index contributed by atoms with van der Waals surface area (Å²) in [6.07, 6.45) is 3.79. The molecule has 0 radical (unpaired) electrons. The molecule has 8 heteroatoms. The third-order valence-electron chi connectivity index (χ3n) is 5.71. The van der Waals surface area contributed by atoms with E-state index in [2.05, 4.69) is 11.4 Å². The summed E-state index contributed by atoms with van der Waals surface area (Å²) in [4.78, 5) is 26.6. The fraction of sp³-hybridized carbons (Fsp3) is 0.174. The zero-order chi connectivity index (χ0) is 21.8. The number of amides is 1. The van der Waals surface area contributed by atoms with Crippen molar-refractivity contribution < 1.29 is 18.0 Å². The molecular formula is C23H16N2O4S2. The summed E-state index contributed by atoms with van der Waals surface area (Å²) in [5.74, 6) is -0.899. The van der Waals surface area contributed by atoms with Gasteiger partial charge in [0.2, 0.25) is 9.84 Å². The second-order valence-corrected chi connectivity index (χ2v) is 10.5. The monoisotopic (exact) mass is 448 g/mol. The molecule has 3 aromatic rings. The SMILES string of the molecule is N#Cc1c(NC(=O)c2ccc3c(c2)S(=O)(=O)c2ccccc2C3=O)sc2c1CCCC2. The van der Waals surface area contributed by atoms with Crippen molar-refractivity contribution in [1.29, 1.82) is 5.26 Å². The van der Waals surface area contributed by atoms with Crippen molar-refractivity contribution in [3.63, 3.8) is 0 Å². The van der Waals surface area contributed by atoms with Gasteiger partial charge in [0.05, 0.1) is 15.4 Å². The molecule has 6 nitrogen and oxygen atoms in total. The highest BCUT2D eigenvalue weighted by Gasteiger charge is 2.35. The normalized spacial score (nSPS) is 15.9. The fourth-order valence-electron chi connectivity index (χ4n) is 4.17. The number of fused-ring (bicyclic) bond motifs is 3. The number of hydrogen-bond donors (Lipinski definition) is 1. The number of rotatable bonds is 2. The second-order valence-electron chi connectivity index (χ2n) is 7.52. The molecule has 0 saturated carbocycles. The van der Waals surface area contributed by atoms with Crippen molar-refractivity contribution in [1.82, 2.24) is 0 Å². The van der Waals surface area contributed by atoms with Crippen LogP contribution in [-0.2, 0) is 22.7 Å². The van der Waals surface area contributed by atoms with Crippen LogP contribution in [0.3, 0.4) is 0 Å². The van der Waals surface area contributed by atoms with Gasteiger partial charge < -0.3 is 5.32 Å². The van der Waals surface area contributed by atoms with Gasteiger partial charge in [-0.05, 0) is 61.6 Å². The van der Waals surface area contributed by atoms with Gasteiger partial charge in [-0.15, -0.1) is 11.3 Å². The van der Waals surface area contributed by atoms with Crippen molar-refractivity contribution in [3.05, 3.63) is 75.2 Å². The van der Waals surface area contributed by atoms with Crippen LogP contribution in [0.15, 0.2) is 52.3 Å². The maximum atomic E-state index is 13.1. The number of nitriles is 1. The minimum absolute atomic E-state index is 0.0530. The van der Waals surface area contributed by atoms with E-state index in [0.29, 0.717) is 10.6 Å². The van der Waals surface area contributed by atoms with E-state index in [-0.39, 0.29) is 32.3 Å². The van der Waals surface area contributed by atoms with E-state index in [9.17, 15) is 23.3 Å². The van der Waals surface area contributed by atoms with E-state index < -0.39 is 15.7 Å². The molecule has 1 aromatic heterocycles. The Morgan fingerprint density at radius 2 is 1.77 bits per heavy atom. The number of benzene rings is 2. The summed E-state index contributed by atoms with van der Waals surface area (Å²) < 4.78 is 26.2. The molecule has 2 aromatic carbocycles. The van der Waals surface area contributed by atoms with Crippen LogP contribution in [-0.4, -0.2) is 20.1 Å². The summed E-state index contributed by atoms with van der Waals surface area (Å²) in [6, 6.07) is 12.3. The predicted molar refractivity (Wildman–Crippen MR) is 115 cm³/mol. The quantitative estimate of drug-likeness (QED) is 0.497. The first-order chi connectivity index (χ1) is 14.9. The van der Waals surface area contributed by atoms with Gasteiger partial charge in [-0.2, -0.15) is 5.26 Å². The lowest BCUT2D eigenvalue weighted by atomic mass is 9.96. The molecule has 2 aliphatic rings. The van der Waals surface area contributed by atoms with Gasteiger partial charge in [-0.25, -0.2) is 8.42 Å². The highest BCUT2D eigenvalue weighted by Crippen LogP contribution is 2.38.